The Kier molecular flexibility index (Phi) is 3.69. The standard InChI is InChI=1S/C9H9BrN2S2/c10-8-3-7(6-14-8)4-11-5-9-12-1-2-13-9/h1-3,6,11H,4-5H2. The molecule has 0 unspecified atom stereocenters. The molecule has 2 rings (SSSR count). The first-order valence-corrected chi connectivity index (χ1v) is 6.72. The normalized spacial score (nSPS) is 10.6. The van der Waals surface area contributed by atoms with Gasteiger partial charge in [0.25, 0.3) is 0 Å². The van der Waals surface area contributed by atoms with Crippen LogP contribution in [0.1, 0.15) is 10.6 Å². The quantitative estimate of drug-likeness (QED) is 0.934. The van der Waals surface area contributed by atoms with Crippen LogP contribution in [-0.2, 0) is 13.1 Å². The Hall–Kier alpha value is -0.230. The lowest BCUT2D eigenvalue weighted by Crippen LogP contribution is -2.11. The summed E-state index contributed by atoms with van der Waals surface area (Å²) in [5.41, 5.74) is 1.32. The van der Waals surface area contributed by atoms with Gasteiger partial charge in [-0.05, 0) is 32.9 Å². The number of hydrogen-bond donors (Lipinski definition) is 1. The van der Waals surface area contributed by atoms with Crippen molar-refractivity contribution < 1.29 is 0 Å². The van der Waals surface area contributed by atoms with E-state index in [1.54, 1.807) is 22.7 Å². The summed E-state index contributed by atoms with van der Waals surface area (Å²) < 4.78 is 1.18. The van der Waals surface area contributed by atoms with Crippen molar-refractivity contribution in [3.05, 3.63) is 37.4 Å². The minimum absolute atomic E-state index is 0.852. The van der Waals surface area contributed by atoms with E-state index in [9.17, 15) is 0 Å². The summed E-state index contributed by atoms with van der Waals surface area (Å²) in [6.07, 6.45) is 1.84. The van der Waals surface area contributed by atoms with Gasteiger partial charge in [0.05, 0.1) is 3.79 Å². The molecular formula is C9H9BrN2S2. The highest BCUT2D eigenvalue weighted by Gasteiger charge is 1.98. The van der Waals surface area contributed by atoms with Gasteiger partial charge in [-0.1, -0.05) is 0 Å². The molecule has 0 spiro atoms. The van der Waals surface area contributed by atoms with Gasteiger partial charge in [0, 0.05) is 24.7 Å². The van der Waals surface area contributed by atoms with Crippen LogP contribution in [0.5, 0.6) is 0 Å². The Morgan fingerprint density at radius 3 is 2.93 bits per heavy atom. The number of thiazole rings is 1. The topological polar surface area (TPSA) is 24.9 Å². The third kappa shape index (κ3) is 2.88. The number of thiophene rings is 1. The van der Waals surface area contributed by atoms with Crippen LogP contribution in [-0.4, -0.2) is 4.98 Å². The molecule has 0 saturated heterocycles. The number of nitrogens with one attached hydrogen (secondary N) is 1. The highest BCUT2D eigenvalue weighted by molar-refractivity contribution is 9.11. The molecule has 0 aliphatic heterocycles. The van der Waals surface area contributed by atoms with Gasteiger partial charge in [0.2, 0.25) is 0 Å². The molecule has 0 fully saturated rings. The number of nitrogens with zero attached hydrogens (tertiary/aromatic N) is 1. The second-order valence-corrected chi connectivity index (χ2v) is 6.06. The molecule has 74 valence electrons. The van der Waals surface area contributed by atoms with Gasteiger partial charge in [-0.3, -0.25) is 0 Å². The molecule has 2 heterocycles. The predicted molar refractivity (Wildman–Crippen MR) is 64.7 cm³/mol. The number of aromatic nitrogens is 1. The molecule has 0 aliphatic carbocycles. The molecule has 0 radical (unpaired) electrons. The summed E-state index contributed by atoms with van der Waals surface area (Å²) in [5, 5.41) is 8.64. The molecule has 0 saturated carbocycles. The van der Waals surface area contributed by atoms with Crippen LogP contribution < -0.4 is 5.32 Å². The molecule has 2 aromatic heterocycles. The van der Waals surface area contributed by atoms with Gasteiger partial charge in [0.15, 0.2) is 0 Å². The van der Waals surface area contributed by atoms with Gasteiger partial charge in [-0.25, -0.2) is 4.98 Å². The van der Waals surface area contributed by atoms with Crippen molar-refractivity contribution in [1.82, 2.24) is 10.3 Å². The van der Waals surface area contributed by atoms with Crippen LogP contribution in [0, 0.1) is 0 Å². The van der Waals surface area contributed by atoms with Crippen molar-refractivity contribution in [2.24, 2.45) is 0 Å². The Balaban J connectivity index is 1.78. The minimum Gasteiger partial charge on any atom is -0.306 e. The first-order valence-electron chi connectivity index (χ1n) is 4.16. The van der Waals surface area contributed by atoms with Gasteiger partial charge in [-0.2, -0.15) is 0 Å². The third-order valence-electron chi connectivity index (χ3n) is 1.71. The molecule has 1 N–H and O–H groups in total. The molecule has 0 atom stereocenters. The molecule has 0 amide bonds. The molecule has 0 aliphatic rings. The van der Waals surface area contributed by atoms with Crippen LogP contribution >= 0.6 is 38.6 Å². The predicted octanol–water partition coefficient (Wildman–Crippen LogP) is 3.26. The summed E-state index contributed by atoms with van der Waals surface area (Å²) in [4.78, 5) is 4.20. The molecular weight excluding hydrogens is 280 g/mol. The third-order valence-corrected chi connectivity index (χ3v) is 4.04. The molecule has 14 heavy (non-hydrogen) atoms. The highest BCUT2D eigenvalue weighted by atomic mass is 79.9. The fourth-order valence-electron chi connectivity index (χ4n) is 1.09. The van der Waals surface area contributed by atoms with Crippen LogP contribution in [0.3, 0.4) is 0 Å². The van der Waals surface area contributed by atoms with Crippen molar-refractivity contribution in [3.8, 4) is 0 Å². The van der Waals surface area contributed by atoms with Gasteiger partial charge >= 0.3 is 0 Å². The zero-order valence-corrected chi connectivity index (χ0v) is 10.6. The van der Waals surface area contributed by atoms with E-state index >= 15 is 0 Å². The lowest BCUT2D eigenvalue weighted by molar-refractivity contribution is 0.691. The van der Waals surface area contributed by atoms with E-state index in [-0.39, 0.29) is 0 Å². The number of halogens is 1. The zero-order valence-electron chi connectivity index (χ0n) is 7.37. The van der Waals surface area contributed by atoms with E-state index in [4.69, 9.17) is 0 Å². The Labute approximate surface area is 99.1 Å². The van der Waals surface area contributed by atoms with E-state index in [1.807, 2.05) is 11.6 Å². The summed E-state index contributed by atoms with van der Waals surface area (Å²) in [6.45, 7) is 1.76. The molecule has 0 bridgehead atoms. The summed E-state index contributed by atoms with van der Waals surface area (Å²) in [5.74, 6) is 0. The van der Waals surface area contributed by atoms with Crippen LogP contribution in [0.15, 0.2) is 26.8 Å². The van der Waals surface area contributed by atoms with Gasteiger partial charge in [0.1, 0.15) is 5.01 Å². The molecule has 2 nitrogen and oxygen atoms in total. The summed E-state index contributed by atoms with van der Waals surface area (Å²) >= 11 is 6.84. The first-order chi connectivity index (χ1) is 6.84. The first kappa shape index (κ1) is 10.3. The maximum Gasteiger partial charge on any atom is 0.106 e. The average molecular weight is 289 g/mol. The van der Waals surface area contributed by atoms with E-state index in [0.717, 1.165) is 18.1 Å². The molecule has 0 aromatic carbocycles. The fraction of sp³-hybridized carbons (Fsp3) is 0.222. The van der Waals surface area contributed by atoms with E-state index in [2.05, 4.69) is 37.7 Å². The lowest BCUT2D eigenvalue weighted by atomic mass is 10.3. The van der Waals surface area contributed by atoms with Crippen molar-refractivity contribution >= 4 is 38.6 Å². The highest BCUT2D eigenvalue weighted by Crippen LogP contribution is 2.20. The van der Waals surface area contributed by atoms with Crippen LogP contribution in [0.4, 0.5) is 0 Å². The van der Waals surface area contributed by atoms with Crippen molar-refractivity contribution in [3.63, 3.8) is 0 Å². The summed E-state index contributed by atoms with van der Waals surface area (Å²) in [6, 6.07) is 2.14. The molecule has 2 aromatic rings. The Bertz CT molecular complexity index is 383. The second-order valence-electron chi connectivity index (χ2n) is 2.79. The van der Waals surface area contributed by atoms with E-state index in [1.165, 1.54) is 9.35 Å². The Morgan fingerprint density at radius 2 is 2.29 bits per heavy atom. The van der Waals surface area contributed by atoms with Crippen molar-refractivity contribution in [1.29, 1.82) is 0 Å². The maximum atomic E-state index is 4.20. The van der Waals surface area contributed by atoms with Gasteiger partial charge < -0.3 is 5.32 Å². The SMILES string of the molecule is Brc1cc(CNCc2nccs2)cs1. The van der Waals surface area contributed by atoms with Crippen LogP contribution in [0.2, 0.25) is 0 Å². The van der Waals surface area contributed by atoms with Gasteiger partial charge in [-0.15, -0.1) is 22.7 Å². The monoisotopic (exact) mass is 288 g/mol. The average Bonchev–Trinajstić information content (AvgIpc) is 2.77. The van der Waals surface area contributed by atoms with E-state index in [0.29, 0.717) is 0 Å². The summed E-state index contributed by atoms with van der Waals surface area (Å²) in [7, 11) is 0. The van der Waals surface area contributed by atoms with Crippen molar-refractivity contribution in [2.45, 2.75) is 13.1 Å². The Morgan fingerprint density at radius 1 is 1.36 bits per heavy atom. The maximum absolute atomic E-state index is 4.20. The smallest absolute Gasteiger partial charge is 0.106 e. The number of hydrogen-bond acceptors (Lipinski definition) is 4. The zero-order chi connectivity index (χ0) is 9.80. The van der Waals surface area contributed by atoms with E-state index < -0.39 is 0 Å². The minimum atomic E-state index is 0.852. The van der Waals surface area contributed by atoms with Crippen molar-refractivity contribution in [2.75, 3.05) is 0 Å². The largest absolute Gasteiger partial charge is 0.306 e. The molecule has 5 heteroatoms. The second kappa shape index (κ2) is 5.02. The van der Waals surface area contributed by atoms with Crippen LogP contribution in [0.25, 0.3) is 0 Å². The lowest BCUT2D eigenvalue weighted by Gasteiger charge is -1.98. The number of rotatable bonds is 4. The fourth-order valence-corrected chi connectivity index (χ4v) is 2.89.